The zero-order valence-electron chi connectivity index (χ0n) is 8.90. The van der Waals surface area contributed by atoms with Gasteiger partial charge in [-0.1, -0.05) is 11.6 Å². The first-order chi connectivity index (χ1) is 7.67. The Labute approximate surface area is 98.1 Å². The predicted octanol–water partition coefficient (Wildman–Crippen LogP) is 1.96. The van der Waals surface area contributed by atoms with Crippen molar-refractivity contribution < 1.29 is 19.0 Å². The molecule has 1 aromatic carbocycles. The summed E-state index contributed by atoms with van der Waals surface area (Å²) in [6.45, 7) is 0. The normalized spacial score (nSPS) is 22.7. The van der Waals surface area contributed by atoms with Crippen LogP contribution < -0.4 is 4.74 Å². The smallest absolute Gasteiger partial charge is 0.338 e. The molecule has 86 valence electrons. The SMILES string of the molecule is COC(=O)[C@H]1O[C@@H]1c1cc(Cl)ccc1OC. The minimum atomic E-state index is -0.544. The lowest BCUT2D eigenvalue weighted by Gasteiger charge is -2.06. The maximum atomic E-state index is 11.2. The molecule has 0 aromatic heterocycles. The van der Waals surface area contributed by atoms with E-state index in [1.54, 1.807) is 25.3 Å². The van der Waals surface area contributed by atoms with Crippen molar-refractivity contribution in [2.45, 2.75) is 12.2 Å². The number of esters is 1. The molecule has 1 aliphatic rings. The molecule has 0 saturated carbocycles. The molecule has 5 heteroatoms. The number of methoxy groups -OCH3 is 2. The van der Waals surface area contributed by atoms with Crippen molar-refractivity contribution in [1.82, 2.24) is 0 Å². The largest absolute Gasteiger partial charge is 0.496 e. The van der Waals surface area contributed by atoms with Gasteiger partial charge in [0, 0.05) is 10.6 Å². The van der Waals surface area contributed by atoms with Crippen molar-refractivity contribution >= 4 is 17.6 Å². The Morgan fingerprint density at radius 2 is 2.19 bits per heavy atom. The van der Waals surface area contributed by atoms with E-state index in [4.69, 9.17) is 21.1 Å². The summed E-state index contributed by atoms with van der Waals surface area (Å²) in [5.74, 6) is 0.271. The Morgan fingerprint density at radius 3 is 2.81 bits per heavy atom. The molecule has 4 nitrogen and oxygen atoms in total. The van der Waals surface area contributed by atoms with E-state index in [1.807, 2.05) is 0 Å². The average Bonchev–Trinajstić information content (AvgIpc) is 3.08. The molecule has 1 saturated heterocycles. The van der Waals surface area contributed by atoms with E-state index in [1.165, 1.54) is 7.11 Å². The van der Waals surface area contributed by atoms with Gasteiger partial charge in [-0.25, -0.2) is 4.79 Å². The van der Waals surface area contributed by atoms with E-state index in [-0.39, 0.29) is 12.1 Å². The van der Waals surface area contributed by atoms with Crippen molar-refractivity contribution in [2.75, 3.05) is 14.2 Å². The monoisotopic (exact) mass is 242 g/mol. The van der Waals surface area contributed by atoms with E-state index in [0.29, 0.717) is 10.8 Å². The summed E-state index contributed by atoms with van der Waals surface area (Å²) in [6.07, 6.45) is -0.863. The van der Waals surface area contributed by atoms with Crippen LogP contribution in [-0.2, 0) is 14.3 Å². The van der Waals surface area contributed by atoms with E-state index in [2.05, 4.69) is 4.74 Å². The molecular weight excluding hydrogens is 232 g/mol. The fourth-order valence-corrected chi connectivity index (χ4v) is 1.75. The third-order valence-electron chi connectivity index (χ3n) is 2.42. The second kappa shape index (κ2) is 4.31. The van der Waals surface area contributed by atoms with Gasteiger partial charge >= 0.3 is 5.97 Å². The highest BCUT2D eigenvalue weighted by molar-refractivity contribution is 6.30. The maximum Gasteiger partial charge on any atom is 0.338 e. The molecule has 1 fully saturated rings. The number of rotatable bonds is 3. The second-order valence-electron chi connectivity index (χ2n) is 3.39. The quantitative estimate of drug-likeness (QED) is 0.601. The summed E-state index contributed by atoms with van der Waals surface area (Å²) in [5.41, 5.74) is 0.769. The molecular formula is C11H11ClO4. The van der Waals surface area contributed by atoms with E-state index in [0.717, 1.165) is 5.56 Å². The summed E-state index contributed by atoms with van der Waals surface area (Å²) in [5, 5.41) is 0.579. The molecule has 16 heavy (non-hydrogen) atoms. The van der Waals surface area contributed by atoms with Crippen LogP contribution in [0, 0.1) is 0 Å². The number of hydrogen-bond donors (Lipinski definition) is 0. The zero-order valence-corrected chi connectivity index (χ0v) is 9.65. The van der Waals surface area contributed by atoms with Gasteiger partial charge < -0.3 is 14.2 Å². The van der Waals surface area contributed by atoms with Crippen LogP contribution in [0.1, 0.15) is 11.7 Å². The van der Waals surface area contributed by atoms with Gasteiger partial charge in [0.15, 0.2) is 6.10 Å². The molecule has 2 rings (SSSR count). The van der Waals surface area contributed by atoms with Crippen LogP contribution in [-0.4, -0.2) is 26.3 Å². The number of halogens is 1. The van der Waals surface area contributed by atoms with Crippen LogP contribution in [0.5, 0.6) is 5.75 Å². The molecule has 1 heterocycles. The lowest BCUT2D eigenvalue weighted by molar-refractivity contribution is -0.142. The highest BCUT2D eigenvalue weighted by atomic mass is 35.5. The van der Waals surface area contributed by atoms with Gasteiger partial charge in [0.1, 0.15) is 11.9 Å². The summed E-state index contributed by atoms with van der Waals surface area (Å²) in [6, 6.07) is 5.20. The standard InChI is InChI=1S/C11H11ClO4/c1-14-8-4-3-6(12)5-7(8)9-10(16-9)11(13)15-2/h3-5,9-10H,1-2H3/t9-,10+/m1/s1. The summed E-state index contributed by atoms with van der Waals surface area (Å²) in [7, 11) is 2.89. The van der Waals surface area contributed by atoms with Crippen molar-refractivity contribution in [3.63, 3.8) is 0 Å². The fourth-order valence-electron chi connectivity index (χ4n) is 1.57. The highest BCUT2D eigenvalue weighted by Crippen LogP contribution is 2.44. The lowest BCUT2D eigenvalue weighted by atomic mass is 10.1. The Kier molecular flexibility index (Phi) is 3.03. The van der Waals surface area contributed by atoms with Crippen LogP contribution in [0.4, 0.5) is 0 Å². The number of epoxide rings is 1. The van der Waals surface area contributed by atoms with Gasteiger partial charge in [-0.15, -0.1) is 0 Å². The van der Waals surface area contributed by atoms with E-state index < -0.39 is 6.10 Å². The van der Waals surface area contributed by atoms with Gasteiger partial charge in [0.25, 0.3) is 0 Å². The van der Waals surface area contributed by atoms with E-state index >= 15 is 0 Å². The molecule has 0 unspecified atom stereocenters. The Morgan fingerprint density at radius 1 is 1.44 bits per heavy atom. The molecule has 0 radical (unpaired) electrons. The van der Waals surface area contributed by atoms with Crippen LogP contribution in [0.2, 0.25) is 5.02 Å². The van der Waals surface area contributed by atoms with Crippen molar-refractivity contribution in [1.29, 1.82) is 0 Å². The number of ether oxygens (including phenoxy) is 3. The zero-order chi connectivity index (χ0) is 11.7. The fraction of sp³-hybridized carbons (Fsp3) is 0.364. The van der Waals surface area contributed by atoms with Crippen molar-refractivity contribution in [2.24, 2.45) is 0 Å². The number of carbonyl (C=O) groups is 1. The van der Waals surface area contributed by atoms with Crippen molar-refractivity contribution in [3.8, 4) is 5.75 Å². The van der Waals surface area contributed by atoms with Gasteiger partial charge in [-0.3, -0.25) is 0 Å². The molecule has 0 aliphatic carbocycles. The Balaban J connectivity index is 2.22. The first-order valence-electron chi connectivity index (χ1n) is 4.74. The van der Waals surface area contributed by atoms with Crippen LogP contribution >= 0.6 is 11.6 Å². The first-order valence-corrected chi connectivity index (χ1v) is 5.12. The number of benzene rings is 1. The summed E-state index contributed by atoms with van der Waals surface area (Å²) in [4.78, 5) is 11.2. The predicted molar refractivity (Wildman–Crippen MR) is 57.6 cm³/mol. The second-order valence-corrected chi connectivity index (χ2v) is 3.82. The number of carbonyl (C=O) groups excluding carboxylic acids is 1. The van der Waals surface area contributed by atoms with Gasteiger partial charge in [0.05, 0.1) is 14.2 Å². The summed E-state index contributed by atoms with van der Waals surface area (Å²) < 4.78 is 15.0. The van der Waals surface area contributed by atoms with Gasteiger partial charge in [-0.2, -0.15) is 0 Å². The summed E-state index contributed by atoms with van der Waals surface area (Å²) >= 11 is 5.88. The van der Waals surface area contributed by atoms with Crippen LogP contribution in [0.25, 0.3) is 0 Å². The maximum absolute atomic E-state index is 11.2. The molecule has 1 aromatic rings. The van der Waals surface area contributed by atoms with Gasteiger partial charge in [0.2, 0.25) is 0 Å². The topological polar surface area (TPSA) is 48.1 Å². The van der Waals surface area contributed by atoms with Gasteiger partial charge in [-0.05, 0) is 18.2 Å². The van der Waals surface area contributed by atoms with Crippen LogP contribution in [0.3, 0.4) is 0 Å². The molecule has 0 spiro atoms. The van der Waals surface area contributed by atoms with Crippen LogP contribution in [0.15, 0.2) is 18.2 Å². The first kappa shape index (κ1) is 11.2. The number of hydrogen-bond acceptors (Lipinski definition) is 4. The molecule has 2 atom stereocenters. The van der Waals surface area contributed by atoms with E-state index in [9.17, 15) is 4.79 Å². The third-order valence-corrected chi connectivity index (χ3v) is 2.66. The third kappa shape index (κ3) is 1.99. The lowest BCUT2D eigenvalue weighted by Crippen LogP contribution is -2.09. The average molecular weight is 243 g/mol. The Hall–Kier alpha value is -1.26. The van der Waals surface area contributed by atoms with Crippen molar-refractivity contribution in [3.05, 3.63) is 28.8 Å². The minimum Gasteiger partial charge on any atom is -0.496 e. The Bertz CT molecular complexity index is 418. The minimum absolute atomic E-state index is 0.318. The highest BCUT2D eigenvalue weighted by Gasteiger charge is 2.48. The molecule has 1 aliphatic heterocycles. The molecule has 0 amide bonds. The molecule has 0 bridgehead atoms. The molecule has 0 N–H and O–H groups in total.